The number of anilines is 1. The normalized spacial score (nSPS) is 9.47. The fourth-order valence-corrected chi connectivity index (χ4v) is 1.79. The molecule has 2 amide bonds. The molecule has 0 unspecified atom stereocenters. The van der Waals surface area contributed by atoms with Crippen LogP contribution in [-0.2, 0) is 0 Å². The Bertz CT molecular complexity index is 523. The van der Waals surface area contributed by atoms with Crippen LogP contribution in [0.3, 0.4) is 0 Å². The number of carboxylic acids is 1. The SMILES string of the molecule is C#CCCCNC(=O)Nc1ccc(C(=O)O)cc1Br. The zero-order valence-electron chi connectivity index (χ0n) is 10.1. The van der Waals surface area contributed by atoms with Crippen molar-refractivity contribution < 1.29 is 14.7 Å². The molecule has 3 N–H and O–H groups in total. The third kappa shape index (κ3) is 5.02. The van der Waals surface area contributed by atoms with E-state index in [1.165, 1.54) is 18.2 Å². The summed E-state index contributed by atoms with van der Waals surface area (Å²) in [6.07, 6.45) is 6.41. The van der Waals surface area contributed by atoms with E-state index in [0.29, 0.717) is 29.5 Å². The predicted octanol–water partition coefficient (Wildman–Crippen LogP) is 2.68. The molecule has 1 aromatic carbocycles. The number of benzene rings is 1. The van der Waals surface area contributed by atoms with Gasteiger partial charge in [-0.1, -0.05) is 0 Å². The molecule has 0 saturated heterocycles. The lowest BCUT2D eigenvalue weighted by atomic mass is 10.2. The molecule has 1 rings (SSSR count). The van der Waals surface area contributed by atoms with Crippen LogP contribution >= 0.6 is 15.9 Å². The van der Waals surface area contributed by atoms with Crippen molar-refractivity contribution in [1.29, 1.82) is 0 Å². The van der Waals surface area contributed by atoms with E-state index in [4.69, 9.17) is 11.5 Å². The molecule has 0 heterocycles. The summed E-state index contributed by atoms with van der Waals surface area (Å²) >= 11 is 3.20. The number of hydrogen-bond donors (Lipinski definition) is 3. The summed E-state index contributed by atoms with van der Waals surface area (Å²) in [5, 5.41) is 14.1. The molecule has 19 heavy (non-hydrogen) atoms. The first-order valence-corrected chi connectivity index (χ1v) is 6.35. The van der Waals surface area contributed by atoms with Gasteiger partial charge >= 0.3 is 12.0 Å². The molecule has 0 saturated carbocycles. The van der Waals surface area contributed by atoms with Crippen molar-refractivity contribution in [2.45, 2.75) is 12.8 Å². The molecule has 0 fully saturated rings. The molecule has 0 spiro atoms. The summed E-state index contributed by atoms with van der Waals surface area (Å²) in [6.45, 7) is 0.487. The average molecular weight is 325 g/mol. The van der Waals surface area contributed by atoms with Crippen molar-refractivity contribution in [3.8, 4) is 12.3 Å². The number of aromatic carboxylic acids is 1. The zero-order valence-corrected chi connectivity index (χ0v) is 11.7. The smallest absolute Gasteiger partial charge is 0.335 e. The number of carboxylic acid groups (broad SMARTS) is 1. The van der Waals surface area contributed by atoms with E-state index in [1.807, 2.05) is 0 Å². The van der Waals surface area contributed by atoms with Crippen LogP contribution in [0.15, 0.2) is 22.7 Å². The van der Waals surface area contributed by atoms with Gasteiger partial charge in [0.15, 0.2) is 0 Å². The van der Waals surface area contributed by atoms with E-state index in [2.05, 4.69) is 32.5 Å². The molecule has 6 heteroatoms. The molecule has 1 aromatic rings. The van der Waals surface area contributed by atoms with E-state index in [0.717, 1.165) is 0 Å². The number of amides is 2. The van der Waals surface area contributed by atoms with Crippen LogP contribution in [-0.4, -0.2) is 23.7 Å². The van der Waals surface area contributed by atoms with Crippen LogP contribution in [0, 0.1) is 12.3 Å². The fraction of sp³-hybridized carbons (Fsp3) is 0.231. The van der Waals surface area contributed by atoms with Gasteiger partial charge in [0, 0.05) is 17.4 Å². The van der Waals surface area contributed by atoms with Crippen molar-refractivity contribution >= 4 is 33.6 Å². The maximum Gasteiger partial charge on any atom is 0.335 e. The predicted molar refractivity (Wildman–Crippen MR) is 76.2 cm³/mol. The number of unbranched alkanes of at least 4 members (excludes halogenated alkanes) is 1. The number of halogens is 1. The van der Waals surface area contributed by atoms with Crippen molar-refractivity contribution in [2.24, 2.45) is 0 Å². The lowest BCUT2D eigenvalue weighted by Gasteiger charge is -2.09. The van der Waals surface area contributed by atoms with Crippen LogP contribution in [0.1, 0.15) is 23.2 Å². The highest BCUT2D eigenvalue weighted by Gasteiger charge is 2.08. The maximum atomic E-state index is 11.5. The van der Waals surface area contributed by atoms with Crippen LogP contribution in [0.5, 0.6) is 0 Å². The first kappa shape index (κ1) is 15.1. The number of carbonyl (C=O) groups excluding carboxylic acids is 1. The average Bonchev–Trinajstić information content (AvgIpc) is 2.37. The minimum absolute atomic E-state index is 0.145. The van der Waals surface area contributed by atoms with Crippen molar-refractivity contribution in [2.75, 3.05) is 11.9 Å². The summed E-state index contributed by atoms with van der Waals surface area (Å²) < 4.78 is 0.506. The van der Waals surface area contributed by atoms with Gasteiger partial charge in [0.25, 0.3) is 0 Å². The van der Waals surface area contributed by atoms with E-state index in [1.54, 1.807) is 0 Å². The van der Waals surface area contributed by atoms with Gasteiger partial charge in [0.1, 0.15) is 0 Å². The van der Waals surface area contributed by atoms with E-state index >= 15 is 0 Å². The molecule has 0 aliphatic heterocycles. The Labute approximate surface area is 119 Å². The topological polar surface area (TPSA) is 78.4 Å². The third-order valence-corrected chi connectivity index (χ3v) is 2.90. The lowest BCUT2D eigenvalue weighted by Crippen LogP contribution is -2.29. The molecule has 0 aliphatic carbocycles. The quantitative estimate of drug-likeness (QED) is 0.575. The van der Waals surface area contributed by atoms with Gasteiger partial charge in [0.2, 0.25) is 0 Å². The van der Waals surface area contributed by atoms with Crippen molar-refractivity contribution in [3.63, 3.8) is 0 Å². The van der Waals surface area contributed by atoms with Gasteiger partial charge in [0.05, 0.1) is 11.3 Å². The van der Waals surface area contributed by atoms with E-state index in [9.17, 15) is 9.59 Å². The Hall–Kier alpha value is -2.00. The highest BCUT2D eigenvalue weighted by atomic mass is 79.9. The first-order chi connectivity index (χ1) is 9.04. The standard InChI is InChI=1S/C13H13BrN2O3/c1-2-3-4-7-15-13(19)16-11-6-5-9(12(17)18)8-10(11)14/h1,5-6,8H,3-4,7H2,(H,17,18)(H2,15,16,19). The molecule has 5 nitrogen and oxygen atoms in total. The Morgan fingerprint density at radius 2 is 2.16 bits per heavy atom. The molecule has 100 valence electrons. The minimum Gasteiger partial charge on any atom is -0.478 e. The number of terminal acetylenes is 1. The number of urea groups is 1. The highest BCUT2D eigenvalue weighted by Crippen LogP contribution is 2.23. The van der Waals surface area contributed by atoms with Gasteiger partial charge in [-0.25, -0.2) is 9.59 Å². The Morgan fingerprint density at radius 3 is 2.74 bits per heavy atom. The van der Waals surface area contributed by atoms with Gasteiger partial charge in [-0.2, -0.15) is 0 Å². The third-order valence-electron chi connectivity index (χ3n) is 2.25. The molecule has 0 aromatic heterocycles. The van der Waals surface area contributed by atoms with Crippen LogP contribution in [0.2, 0.25) is 0 Å². The second-order valence-corrected chi connectivity index (χ2v) is 4.54. The van der Waals surface area contributed by atoms with Crippen LogP contribution in [0.4, 0.5) is 10.5 Å². The van der Waals surface area contributed by atoms with E-state index < -0.39 is 5.97 Å². The molecular formula is C13H13BrN2O3. The molecule has 0 aliphatic rings. The largest absolute Gasteiger partial charge is 0.478 e. The lowest BCUT2D eigenvalue weighted by molar-refractivity contribution is 0.0697. The Kier molecular flexibility index (Phi) is 5.90. The molecule has 0 bridgehead atoms. The van der Waals surface area contributed by atoms with Crippen molar-refractivity contribution in [3.05, 3.63) is 28.2 Å². The van der Waals surface area contributed by atoms with Gasteiger partial charge in [-0.05, 0) is 40.5 Å². The van der Waals surface area contributed by atoms with Crippen LogP contribution in [0.25, 0.3) is 0 Å². The Morgan fingerprint density at radius 1 is 1.42 bits per heavy atom. The summed E-state index contributed by atoms with van der Waals surface area (Å²) in [5.74, 6) is 1.46. The maximum absolute atomic E-state index is 11.5. The zero-order chi connectivity index (χ0) is 14.3. The summed E-state index contributed by atoms with van der Waals surface area (Å²) in [6, 6.07) is 4.01. The fourth-order valence-electron chi connectivity index (χ4n) is 1.31. The first-order valence-electron chi connectivity index (χ1n) is 5.55. The second kappa shape index (κ2) is 7.44. The Balaban J connectivity index is 2.55. The number of carbonyl (C=O) groups is 2. The van der Waals surface area contributed by atoms with Crippen LogP contribution < -0.4 is 10.6 Å². The molecule has 0 radical (unpaired) electrons. The number of hydrogen-bond acceptors (Lipinski definition) is 2. The van der Waals surface area contributed by atoms with Crippen molar-refractivity contribution in [1.82, 2.24) is 5.32 Å². The monoisotopic (exact) mass is 324 g/mol. The summed E-state index contributed by atoms with van der Waals surface area (Å²) in [5.41, 5.74) is 0.645. The summed E-state index contributed by atoms with van der Waals surface area (Å²) in [4.78, 5) is 22.3. The molecular weight excluding hydrogens is 312 g/mol. The highest BCUT2D eigenvalue weighted by molar-refractivity contribution is 9.10. The van der Waals surface area contributed by atoms with Gasteiger partial charge in [-0.15, -0.1) is 12.3 Å². The second-order valence-electron chi connectivity index (χ2n) is 3.69. The van der Waals surface area contributed by atoms with E-state index in [-0.39, 0.29) is 11.6 Å². The van der Waals surface area contributed by atoms with Gasteiger partial charge < -0.3 is 15.7 Å². The number of rotatable bonds is 5. The summed E-state index contributed by atoms with van der Waals surface area (Å²) in [7, 11) is 0. The minimum atomic E-state index is -1.02. The molecule has 0 atom stereocenters. The number of nitrogens with one attached hydrogen (secondary N) is 2. The van der Waals surface area contributed by atoms with Gasteiger partial charge in [-0.3, -0.25) is 0 Å².